The average Bonchev–Trinajstić information content (AvgIpc) is 3.06. The van der Waals surface area contributed by atoms with Gasteiger partial charge in [-0.15, -0.1) is 0 Å². The number of hydrogen-bond donors (Lipinski definition) is 0. The van der Waals surface area contributed by atoms with Gasteiger partial charge in [-0.25, -0.2) is 15.0 Å². The van der Waals surface area contributed by atoms with Crippen LogP contribution in [0.1, 0.15) is 37.3 Å². The predicted molar refractivity (Wildman–Crippen MR) is 65.5 cm³/mol. The third-order valence-corrected chi connectivity index (χ3v) is 3.12. The molecular weight excluding hydrogens is 236 g/mol. The molecule has 0 amide bonds. The zero-order chi connectivity index (χ0) is 11.8. The van der Waals surface area contributed by atoms with Gasteiger partial charge in [-0.3, -0.25) is 4.57 Å². The van der Waals surface area contributed by atoms with Gasteiger partial charge in [0.05, 0.1) is 0 Å². The standard InChI is InChI=1S/C12H13ClN4/c1-2-10-14-5-6-17(10)11-7-9(13)15-12(16-11)8-3-4-8/h5-8H,2-4H2,1H3. The first kappa shape index (κ1) is 10.7. The van der Waals surface area contributed by atoms with Crippen molar-refractivity contribution in [3.63, 3.8) is 0 Å². The lowest BCUT2D eigenvalue weighted by Gasteiger charge is -2.07. The monoisotopic (exact) mass is 248 g/mol. The Bertz CT molecular complexity index is 545. The van der Waals surface area contributed by atoms with Crippen LogP contribution in [0.15, 0.2) is 18.5 Å². The molecule has 3 rings (SSSR count). The average molecular weight is 249 g/mol. The SMILES string of the molecule is CCc1nccn1-c1cc(Cl)nc(C2CC2)n1. The summed E-state index contributed by atoms with van der Waals surface area (Å²) in [6.07, 6.45) is 6.90. The summed E-state index contributed by atoms with van der Waals surface area (Å²) in [5, 5.41) is 0.507. The fourth-order valence-corrected chi connectivity index (χ4v) is 2.06. The van der Waals surface area contributed by atoms with E-state index in [1.165, 1.54) is 12.8 Å². The van der Waals surface area contributed by atoms with E-state index < -0.39 is 0 Å². The molecule has 1 aliphatic carbocycles. The summed E-state index contributed by atoms with van der Waals surface area (Å²) in [7, 11) is 0. The van der Waals surface area contributed by atoms with E-state index >= 15 is 0 Å². The van der Waals surface area contributed by atoms with Gasteiger partial charge < -0.3 is 0 Å². The van der Waals surface area contributed by atoms with E-state index in [1.807, 2.05) is 10.8 Å². The summed E-state index contributed by atoms with van der Waals surface area (Å²) in [6, 6.07) is 1.79. The maximum Gasteiger partial charge on any atom is 0.143 e. The normalized spacial score (nSPS) is 15.2. The van der Waals surface area contributed by atoms with Gasteiger partial charge in [0, 0.05) is 30.8 Å². The molecule has 4 nitrogen and oxygen atoms in total. The van der Waals surface area contributed by atoms with Gasteiger partial charge in [0.25, 0.3) is 0 Å². The minimum atomic E-state index is 0.501. The van der Waals surface area contributed by atoms with Gasteiger partial charge in [0.15, 0.2) is 0 Å². The van der Waals surface area contributed by atoms with Crippen molar-refractivity contribution in [3.8, 4) is 5.82 Å². The van der Waals surface area contributed by atoms with Gasteiger partial charge >= 0.3 is 0 Å². The number of nitrogens with zero attached hydrogens (tertiary/aromatic N) is 4. The quantitative estimate of drug-likeness (QED) is 0.785. The minimum absolute atomic E-state index is 0.501. The fraction of sp³-hybridized carbons (Fsp3) is 0.417. The smallest absolute Gasteiger partial charge is 0.143 e. The van der Waals surface area contributed by atoms with Crippen LogP contribution >= 0.6 is 11.6 Å². The molecule has 1 aliphatic rings. The molecule has 0 saturated heterocycles. The van der Waals surface area contributed by atoms with Crippen molar-refractivity contribution in [3.05, 3.63) is 35.3 Å². The summed E-state index contributed by atoms with van der Waals surface area (Å²) in [5.41, 5.74) is 0. The topological polar surface area (TPSA) is 43.6 Å². The number of hydrogen-bond acceptors (Lipinski definition) is 3. The van der Waals surface area contributed by atoms with Crippen molar-refractivity contribution in [2.45, 2.75) is 32.1 Å². The lowest BCUT2D eigenvalue weighted by Crippen LogP contribution is -2.05. The van der Waals surface area contributed by atoms with Crippen LogP contribution in [0.3, 0.4) is 0 Å². The molecule has 2 aromatic rings. The van der Waals surface area contributed by atoms with E-state index in [0.717, 1.165) is 23.9 Å². The van der Waals surface area contributed by atoms with Crippen LogP contribution in [0.5, 0.6) is 0 Å². The van der Waals surface area contributed by atoms with Crippen LogP contribution in [-0.2, 0) is 6.42 Å². The van der Waals surface area contributed by atoms with Crippen molar-refractivity contribution >= 4 is 11.6 Å². The molecule has 2 heterocycles. The molecule has 0 radical (unpaired) electrons. The van der Waals surface area contributed by atoms with E-state index in [-0.39, 0.29) is 0 Å². The summed E-state index contributed by atoms with van der Waals surface area (Å²) >= 11 is 6.05. The highest BCUT2D eigenvalue weighted by Crippen LogP contribution is 2.38. The van der Waals surface area contributed by atoms with E-state index in [1.54, 1.807) is 12.3 Å². The Hall–Kier alpha value is -1.42. The fourth-order valence-electron chi connectivity index (χ4n) is 1.87. The second-order valence-corrected chi connectivity index (χ2v) is 4.64. The number of imidazole rings is 1. The van der Waals surface area contributed by atoms with Crippen molar-refractivity contribution in [1.29, 1.82) is 0 Å². The summed E-state index contributed by atoms with van der Waals surface area (Å²) in [5.74, 6) is 3.17. The Kier molecular flexibility index (Phi) is 2.59. The third-order valence-electron chi connectivity index (χ3n) is 2.92. The zero-order valence-electron chi connectivity index (χ0n) is 9.60. The first-order chi connectivity index (χ1) is 8.28. The molecule has 0 unspecified atom stereocenters. The highest BCUT2D eigenvalue weighted by Gasteiger charge is 2.27. The molecule has 17 heavy (non-hydrogen) atoms. The molecule has 1 fully saturated rings. The van der Waals surface area contributed by atoms with Crippen LogP contribution in [-0.4, -0.2) is 19.5 Å². The second-order valence-electron chi connectivity index (χ2n) is 4.25. The third kappa shape index (κ3) is 2.05. The summed E-state index contributed by atoms with van der Waals surface area (Å²) < 4.78 is 1.97. The second kappa shape index (κ2) is 4.11. The van der Waals surface area contributed by atoms with Gasteiger partial charge in [-0.05, 0) is 12.8 Å². The van der Waals surface area contributed by atoms with Gasteiger partial charge in [-0.1, -0.05) is 18.5 Å². The zero-order valence-corrected chi connectivity index (χ0v) is 10.4. The minimum Gasteiger partial charge on any atom is -0.288 e. The Morgan fingerprint density at radius 1 is 1.41 bits per heavy atom. The highest BCUT2D eigenvalue weighted by atomic mass is 35.5. The first-order valence-corrected chi connectivity index (χ1v) is 6.23. The Labute approximate surface area is 105 Å². The van der Waals surface area contributed by atoms with E-state index in [9.17, 15) is 0 Å². The maximum atomic E-state index is 6.05. The van der Waals surface area contributed by atoms with Gasteiger partial charge in [0.2, 0.25) is 0 Å². The highest BCUT2D eigenvalue weighted by molar-refractivity contribution is 6.29. The van der Waals surface area contributed by atoms with Crippen molar-refractivity contribution in [1.82, 2.24) is 19.5 Å². The molecule has 0 atom stereocenters. The molecule has 1 saturated carbocycles. The number of rotatable bonds is 3. The molecule has 0 aliphatic heterocycles. The van der Waals surface area contributed by atoms with Gasteiger partial charge in [-0.2, -0.15) is 0 Å². The summed E-state index contributed by atoms with van der Waals surface area (Å²) in [6.45, 7) is 2.07. The first-order valence-electron chi connectivity index (χ1n) is 5.85. The van der Waals surface area contributed by atoms with Crippen LogP contribution in [0.25, 0.3) is 5.82 Å². The lowest BCUT2D eigenvalue weighted by atomic mass is 10.4. The maximum absolute atomic E-state index is 6.05. The number of halogens is 1. The Balaban J connectivity index is 2.07. The Morgan fingerprint density at radius 3 is 2.94 bits per heavy atom. The van der Waals surface area contributed by atoms with Crippen LogP contribution in [0, 0.1) is 0 Å². The molecular formula is C12H13ClN4. The van der Waals surface area contributed by atoms with Crippen LogP contribution < -0.4 is 0 Å². The van der Waals surface area contributed by atoms with Crippen molar-refractivity contribution in [2.75, 3.05) is 0 Å². The van der Waals surface area contributed by atoms with Crippen LogP contribution in [0.4, 0.5) is 0 Å². The number of aromatic nitrogens is 4. The molecule has 0 bridgehead atoms. The predicted octanol–water partition coefficient (Wildman–Crippen LogP) is 2.76. The van der Waals surface area contributed by atoms with E-state index in [0.29, 0.717) is 11.1 Å². The van der Waals surface area contributed by atoms with Crippen LogP contribution in [0.2, 0.25) is 5.15 Å². The molecule has 0 aromatic carbocycles. The molecule has 0 spiro atoms. The molecule has 0 N–H and O–H groups in total. The molecule has 2 aromatic heterocycles. The lowest BCUT2D eigenvalue weighted by molar-refractivity contribution is 0.831. The molecule has 5 heteroatoms. The van der Waals surface area contributed by atoms with E-state index in [2.05, 4.69) is 21.9 Å². The van der Waals surface area contributed by atoms with Crippen molar-refractivity contribution < 1.29 is 0 Å². The van der Waals surface area contributed by atoms with Gasteiger partial charge in [0.1, 0.15) is 22.6 Å². The van der Waals surface area contributed by atoms with E-state index in [4.69, 9.17) is 11.6 Å². The largest absolute Gasteiger partial charge is 0.288 e. The number of aryl methyl sites for hydroxylation is 1. The summed E-state index contributed by atoms with van der Waals surface area (Å²) in [4.78, 5) is 13.1. The Morgan fingerprint density at radius 2 is 2.24 bits per heavy atom. The molecule has 88 valence electrons. The van der Waals surface area contributed by atoms with Crippen molar-refractivity contribution in [2.24, 2.45) is 0 Å².